The normalized spacial score (nSPS) is 18.6. The number of hydrogen-bond donors (Lipinski definition) is 0. The molecule has 0 aliphatic carbocycles. The standard InChI is InChI=1S/C23H19ClN2O2/c1-28-23(27)22-20(16-12-14-18(24)15-13-16)21(17-8-4-2-5-9-17)25-26(22)19-10-6-3-7-11-19/h2-15,20,22H,1H3/t20-,22-/m1/s1. The second-order valence-electron chi connectivity index (χ2n) is 6.53. The summed E-state index contributed by atoms with van der Waals surface area (Å²) in [6, 6.07) is 26.5. The number of esters is 1. The summed E-state index contributed by atoms with van der Waals surface area (Å²) in [5, 5.41) is 7.28. The van der Waals surface area contributed by atoms with E-state index in [1.54, 1.807) is 5.01 Å². The van der Waals surface area contributed by atoms with Gasteiger partial charge in [-0.3, -0.25) is 0 Å². The van der Waals surface area contributed by atoms with Crippen LogP contribution in [0.5, 0.6) is 0 Å². The van der Waals surface area contributed by atoms with E-state index in [0.717, 1.165) is 22.5 Å². The molecule has 1 heterocycles. The highest BCUT2D eigenvalue weighted by atomic mass is 35.5. The van der Waals surface area contributed by atoms with Crippen LogP contribution in [0, 0.1) is 0 Å². The van der Waals surface area contributed by atoms with Gasteiger partial charge in [-0.15, -0.1) is 0 Å². The highest BCUT2D eigenvalue weighted by molar-refractivity contribution is 6.30. The molecule has 4 nitrogen and oxygen atoms in total. The van der Waals surface area contributed by atoms with E-state index in [2.05, 4.69) is 0 Å². The molecule has 0 amide bonds. The molecule has 0 saturated carbocycles. The Balaban J connectivity index is 1.89. The van der Waals surface area contributed by atoms with Gasteiger partial charge in [-0.1, -0.05) is 72.3 Å². The topological polar surface area (TPSA) is 41.9 Å². The van der Waals surface area contributed by atoms with Gasteiger partial charge in [0.05, 0.1) is 24.4 Å². The molecule has 2 atom stereocenters. The molecule has 140 valence electrons. The molecule has 28 heavy (non-hydrogen) atoms. The second-order valence-corrected chi connectivity index (χ2v) is 6.97. The summed E-state index contributed by atoms with van der Waals surface area (Å²) in [4.78, 5) is 12.9. The summed E-state index contributed by atoms with van der Waals surface area (Å²) in [7, 11) is 1.41. The Kier molecular flexibility index (Phi) is 5.13. The van der Waals surface area contributed by atoms with Gasteiger partial charge in [0.25, 0.3) is 0 Å². The maximum Gasteiger partial charge on any atom is 0.331 e. The number of halogens is 1. The Bertz CT molecular complexity index is 988. The molecule has 0 N–H and O–H groups in total. The highest BCUT2D eigenvalue weighted by Gasteiger charge is 2.44. The first-order valence-corrected chi connectivity index (χ1v) is 9.38. The van der Waals surface area contributed by atoms with Crippen LogP contribution in [0.4, 0.5) is 5.69 Å². The van der Waals surface area contributed by atoms with E-state index in [1.807, 2.05) is 84.9 Å². The number of hydrazone groups is 1. The van der Waals surface area contributed by atoms with Crippen molar-refractivity contribution in [3.05, 3.63) is 101 Å². The third kappa shape index (κ3) is 3.39. The molecule has 1 aliphatic rings. The van der Waals surface area contributed by atoms with Crippen LogP contribution in [0.1, 0.15) is 17.0 Å². The zero-order valence-corrected chi connectivity index (χ0v) is 16.1. The lowest BCUT2D eigenvalue weighted by Gasteiger charge is -2.26. The van der Waals surface area contributed by atoms with Crippen LogP contribution in [0.15, 0.2) is 90.0 Å². The van der Waals surface area contributed by atoms with Crippen molar-refractivity contribution in [2.75, 3.05) is 12.1 Å². The second kappa shape index (κ2) is 7.87. The monoisotopic (exact) mass is 390 g/mol. The molecule has 0 unspecified atom stereocenters. The van der Waals surface area contributed by atoms with Crippen molar-refractivity contribution in [2.24, 2.45) is 5.10 Å². The minimum absolute atomic E-state index is 0.285. The molecule has 1 aliphatic heterocycles. The lowest BCUT2D eigenvalue weighted by atomic mass is 9.85. The number of para-hydroxylation sites is 1. The zero-order valence-electron chi connectivity index (χ0n) is 15.3. The number of methoxy groups -OCH3 is 1. The fraction of sp³-hybridized carbons (Fsp3) is 0.130. The predicted molar refractivity (Wildman–Crippen MR) is 112 cm³/mol. The molecule has 5 heteroatoms. The van der Waals surface area contributed by atoms with Crippen molar-refractivity contribution in [1.82, 2.24) is 0 Å². The van der Waals surface area contributed by atoms with Crippen LogP contribution >= 0.6 is 11.6 Å². The van der Waals surface area contributed by atoms with Crippen molar-refractivity contribution in [2.45, 2.75) is 12.0 Å². The summed E-state index contributed by atoms with van der Waals surface area (Å²) in [6.45, 7) is 0. The fourth-order valence-corrected chi connectivity index (χ4v) is 3.67. The SMILES string of the molecule is COC(=O)[C@H]1[C@H](c2ccc(Cl)cc2)C(c2ccccc2)=NN1c1ccccc1. The number of carbonyl (C=O) groups is 1. The van der Waals surface area contributed by atoms with Gasteiger partial charge in [-0.2, -0.15) is 5.10 Å². The van der Waals surface area contributed by atoms with E-state index in [1.165, 1.54) is 7.11 Å². The van der Waals surface area contributed by atoms with Gasteiger partial charge in [0.2, 0.25) is 0 Å². The smallest absolute Gasteiger partial charge is 0.331 e. The van der Waals surface area contributed by atoms with Crippen molar-refractivity contribution in [3.8, 4) is 0 Å². The van der Waals surface area contributed by atoms with Crippen molar-refractivity contribution >= 4 is 29.0 Å². The van der Waals surface area contributed by atoms with Gasteiger partial charge in [0.1, 0.15) is 0 Å². The van der Waals surface area contributed by atoms with E-state index >= 15 is 0 Å². The molecule has 0 bridgehead atoms. The maximum atomic E-state index is 12.9. The maximum absolute atomic E-state index is 12.9. The largest absolute Gasteiger partial charge is 0.467 e. The summed E-state index contributed by atoms with van der Waals surface area (Å²) in [5.74, 6) is -0.620. The van der Waals surface area contributed by atoms with Crippen molar-refractivity contribution in [3.63, 3.8) is 0 Å². The average Bonchev–Trinajstić information content (AvgIpc) is 3.15. The Hall–Kier alpha value is -3.11. The number of rotatable bonds is 4. The van der Waals surface area contributed by atoms with E-state index < -0.39 is 6.04 Å². The third-order valence-corrected chi connectivity index (χ3v) is 5.10. The van der Waals surface area contributed by atoms with Gasteiger partial charge in [0.15, 0.2) is 6.04 Å². The Morgan fingerprint density at radius 2 is 1.54 bits per heavy atom. The average molecular weight is 391 g/mol. The Labute approximate surface area is 169 Å². The van der Waals surface area contributed by atoms with Gasteiger partial charge in [0, 0.05) is 5.02 Å². The van der Waals surface area contributed by atoms with Gasteiger partial charge < -0.3 is 4.74 Å². The molecular formula is C23H19ClN2O2. The number of benzene rings is 3. The van der Waals surface area contributed by atoms with Crippen molar-refractivity contribution in [1.29, 1.82) is 0 Å². The Morgan fingerprint density at radius 3 is 2.14 bits per heavy atom. The summed E-state index contributed by atoms with van der Waals surface area (Å²) in [5.41, 5.74) is 3.58. The van der Waals surface area contributed by atoms with Gasteiger partial charge in [-0.05, 0) is 35.4 Å². The molecule has 3 aromatic rings. The minimum Gasteiger partial charge on any atom is -0.467 e. The number of carbonyl (C=O) groups excluding carboxylic acids is 1. The van der Waals surface area contributed by atoms with E-state index in [4.69, 9.17) is 21.4 Å². The first-order chi connectivity index (χ1) is 13.7. The van der Waals surface area contributed by atoms with Crippen LogP contribution in [0.2, 0.25) is 5.02 Å². The molecular weight excluding hydrogens is 372 g/mol. The van der Waals surface area contributed by atoms with Crippen LogP contribution in [0.3, 0.4) is 0 Å². The molecule has 4 rings (SSSR count). The van der Waals surface area contributed by atoms with Crippen molar-refractivity contribution < 1.29 is 9.53 Å². The number of nitrogens with zero attached hydrogens (tertiary/aromatic N) is 2. The summed E-state index contributed by atoms with van der Waals surface area (Å²) in [6.07, 6.45) is 0. The molecule has 0 fully saturated rings. The van der Waals surface area contributed by atoms with Crippen LogP contribution in [0.25, 0.3) is 0 Å². The fourth-order valence-electron chi connectivity index (χ4n) is 3.54. The van der Waals surface area contributed by atoms with Gasteiger partial charge in [-0.25, -0.2) is 9.80 Å². The van der Waals surface area contributed by atoms with Gasteiger partial charge >= 0.3 is 5.97 Å². The van der Waals surface area contributed by atoms with Crippen LogP contribution < -0.4 is 5.01 Å². The number of ether oxygens (including phenoxy) is 1. The van der Waals surface area contributed by atoms with Crippen LogP contribution in [-0.4, -0.2) is 24.8 Å². The molecule has 0 saturated heterocycles. The molecule has 0 aromatic heterocycles. The number of anilines is 1. The van der Waals surface area contributed by atoms with E-state index in [0.29, 0.717) is 5.02 Å². The molecule has 0 spiro atoms. The first-order valence-electron chi connectivity index (χ1n) is 9.00. The minimum atomic E-state index is -0.608. The summed E-state index contributed by atoms with van der Waals surface area (Å²) < 4.78 is 5.17. The number of hydrogen-bond acceptors (Lipinski definition) is 4. The quantitative estimate of drug-likeness (QED) is 0.595. The predicted octanol–water partition coefficient (Wildman–Crippen LogP) is 4.89. The highest BCUT2D eigenvalue weighted by Crippen LogP contribution is 2.38. The molecule has 0 radical (unpaired) electrons. The van der Waals surface area contributed by atoms with E-state index in [-0.39, 0.29) is 11.9 Å². The third-order valence-electron chi connectivity index (χ3n) is 4.85. The lowest BCUT2D eigenvalue weighted by Crippen LogP contribution is -2.40. The van der Waals surface area contributed by atoms with Crippen LogP contribution in [-0.2, 0) is 9.53 Å². The van der Waals surface area contributed by atoms with E-state index in [9.17, 15) is 4.79 Å². The zero-order chi connectivity index (χ0) is 19.5. The summed E-state index contributed by atoms with van der Waals surface area (Å²) >= 11 is 6.09. The lowest BCUT2D eigenvalue weighted by molar-refractivity contribution is -0.142. The first kappa shape index (κ1) is 18.3. The Morgan fingerprint density at radius 1 is 0.929 bits per heavy atom. The molecule has 3 aromatic carbocycles.